The summed E-state index contributed by atoms with van der Waals surface area (Å²) in [6.07, 6.45) is -7.30. The van der Waals surface area contributed by atoms with Crippen molar-refractivity contribution in [3.63, 3.8) is 0 Å². The first-order valence-corrected chi connectivity index (χ1v) is 6.95. The second-order valence-electron chi connectivity index (χ2n) is 5.24. The van der Waals surface area contributed by atoms with Crippen molar-refractivity contribution >= 4 is 11.9 Å². The summed E-state index contributed by atoms with van der Waals surface area (Å²) >= 11 is 0. The lowest BCUT2D eigenvalue weighted by molar-refractivity contribution is -0.297. The van der Waals surface area contributed by atoms with Crippen LogP contribution >= 0.6 is 0 Å². The molecule has 0 bridgehead atoms. The van der Waals surface area contributed by atoms with E-state index in [1.54, 1.807) is 0 Å². The monoisotopic (exact) mass is 338 g/mol. The molecule has 6 atom stereocenters. The smallest absolute Gasteiger partial charge is 0.366 e. The Hall–Kier alpha value is -1.30. The molecule has 1 aliphatic heterocycles. The predicted molar refractivity (Wildman–Crippen MR) is 73.8 cm³/mol. The lowest BCUT2D eigenvalue weighted by atomic mass is 9.88. The van der Waals surface area contributed by atoms with E-state index in [4.69, 9.17) is 11.2 Å². The maximum absolute atomic E-state index is 11.9. The lowest BCUT2D eigenvalue weighted by Crippen LogP contribution is -2.67. The van der Waals surface area contributed by atoms with E-state index in [9.17, 15) is 30.0 Å². The van der Waals surface area contributed by atoms with E-state index < -0.39 is 61.1 Å². The largest absolute Gasteiger partial charge is 0.462 e. The number of ether oxygens (including phenoxy) is 2. The van der Waals surface area contributed by atoms with Crippen LogP contribution in [-0.4, -0.2) is 86.9 Å². The lowest BCUT2D eigenvalue weighted by Gasteiger charge is -2.45. The molecule has 10 nitrogen and oxygen atoms in total. The van der Waals surface area contributed by atoms with Crippen molar-refractivity contribution in [2.45, 2.75) is 56.5 Å². The van der Waals surface area contributed by atoms with Gasteiger partial charge in [-0.25, -0.2) is 4.79 Å². The number of nitrogens with one attached hydrogen (secondary N) is 1. The highest BCUT2D eigenvalue weighted by atomic mass is 16.7. The van der Waals surface area contributed by atoms with Crippen LogP contribution in [0.1, 0.15) is 21.6 Å². The third-order valence-corrected chi connectivity index (χ3v) is 3.43. The number of esters is 1. The van der Waals surface area contributed by atoms with Crippen LogP contribution in [0, 0.1) is 0 Å². The number of aliphatic hydroxyl groups is 5. The molecule has 0 aromatic carbocycles. The van der Waals surface area contributed by atoms with E-state index in [1.165, 1.54) is 0 Å². The van der Waals surface area contributed by atoms with Crippen molar-refractivity contribution in [2.75, 3.05) is 13.2 Å². The first kappa shape index (κ1) is 18.0. The van der Waals surface area contributed by atoms with Crippen molar-refractivity contribution in [1.29, 1.82) is 0 Å². The van der Waals surface area contributed by atoms with Gasteiger partial charge in [-0.1, -0.05) is 0 Å². The standard InChI is InChI=1S/C13H23NO9/c1-3-22-12(20)13(21)4-7(17)9(14-6(2)16)11(23-13)10(19)8(18)5-15/h7-11,15,17-19,21H,3-5H2,1-2H3,(H,14,16)/t7-,8+,9+,10+,11+,13?/m0/s1/i1D. The number of carbonyl (C=O) groups excluding carboxylic acids is 2. The predicted octanol–water partition coefficient (Wildman–Crippen LogP) is -3.39. The zero-order chi connectivity index (χ0) is 18.5. The molecule has 1 aliphatic rings. The molecule has 0 aliphatic carbocycles. The molecule has 134 valence electrons. The Kier molecular flexibility index (Phi) is 6.27. The van der Waals surface area contributed by atoms with Gasteiger partial charge in [0.1, 0.15) is 18.3 Å². The normalized spacial score (nSPS) is 34.2. The Labute approximate surface area is 134 Å². The van der Waals surface area contributed by atoms with Crippen molar-refractivity contribution in [1.82, 2.24) is 5.32 Å². The molecule has 1 heterocycles. The van der Waals surface area contributed by atoms with E-state index in [1.807, 2.05) is 0 Å². The third-order valence-electron chi connectivity index (χ3n) is 3.43. The van der Waals surface area contributed by atoms with Gasteiger partial charge in [0.05, 0.1) is 25.4 Å². The summed E-state index contributed by atoms with van der Waals surface area (Å²) in [7, 11) is 0. The molecule has 0 aromatic heterocycles. The van der Waals surface area contributed by atoms with Crippen LogP contribution in [0.15, 0.2) is 0 Å². The van der Waals surface area contributed by atoms with E-state index in [0.29, 0.717) is 0 Å². The average Bonchev–Trinajstić information content (AvgIpc) is 2.53. The summed E-state index contributed by atoms with van der Waals surface area (Å²) in [5.41, 5.74) is 0. The minimum atomic E-state index is -2.63. The van der Waals surface area contributed by atoms with Crippen molar-refractivity contribution in [2.24, 2.45) is 0 Å². The molecule has 0 saturated carbocycles. The Bertz CT molecular complexity index is 451. The zero-order valence-electron chi connectivity index (χ0n) is 13.6. The van der Waals surface area contributed by atoms with Crippen molar-refractivity contribution in [3.8, 4) is 0 Å². The summed E-state index contributed by atoms with van der Waals surface area (Å²) in [6.45, 7) is -0.288. The Balaban J connectivity index is 3.05. The number of amides is 1. The molecule has 0 aromatic rings. The van der Waals surface area contributed by atoms with Crippen LogP contribution in [-0.2, 0) is 19.1 Å². The number of aliphatic hydroxyl groups excluding tert-OH is 4. The second-order valence-corrected chi connectivity index (χ2v) is 5.24. The fourth-order valence-electron chi connectivity index (χ4n) is 2.33. The van der Waals surface area contributed by atoms with Gasteiger partial charge >= 0.3 is 5.97 Å². The topological polar surface area (TPSA) is 166 Å². The van der Waals surface area contributed by atoms with Gasteiger partial charge in [-0.2, -0.15) is 0 Å². The van der Waals surface area contributed by atoms with E-state index >= 15 is 0 Å². The summed E-state index contributed by atoms with van der Waals surface area (Å²) in [6, 6.07) is -1.25. The molecule has 23 heavy (non-hydrogen) atoms. The fourth-order valence-corrected chi connectivity index (χ4v) is 2.33. The number of hydrogen-bond acceptors (Lipinski definition) is 9. The van der Waals surface area contributed by atoms with Crippen LogP contribution in [0.25, 0.3) is 0 Å². The maximum Gasteiger partial charge on any atom is 0.366 e. The minimum Gasteiger partial charge on any atom is -0.462 e. The quantitative estimate of drug-likeness (QED) is 0.271. The summed E-state index contributed by atoms with van der Waals surface area (Å²) in [5, 5.41) is 51.3. The summed E-state index contributed by atoms with van der Waals surface area (Å²) in [5.74, 6) is -4.49. The molecule has 6 N–H and O–H groups in total. The zero-order valence-corrected chi connectivity index (χ0v) is 12.6. The molecule has 0 spiro atoms. The van der Waals surface area contributed by atoms with Gasteiger partial charge in [0.2, 0.25) is 5.91 Å². The van der Waals surface area contributed by atoms with Crippen LogP contribution in [0.5, 0.6) is 0 Å². The van der Waals surface area contributed by atoms with Gasteiger partial charge in [0.25, 0.3) is 5.79 Å². The second kappa shape index (κ2) is 7.99. The highest BCUT2D eigenvalue weighted by Crippen LogP contribution is 2.31. The molecule has 0 radical (unpaired) electrons. The van der Waals surface area contributed by atoms with Gasteiger partial charge in [-0.05, 0) is 6.90 Å². The Morgan fingerprint density at radius 1 is 1.52 bits per heavy atom. The SMILES string of the molecule is [2H]CCOC(=O)C1(O)C[C@H](O)[C@@H](NC(C)=O)[C@H]([C@H](O)[C@H](O)CO)O1. The Morgan fingerprint density at radius 2 is 2.17 bits per heavy atom. The first-order chi connectivity index (χ1) is 11.2. The summed E-state index contributed by atoms with van der Waals surface area (Å²) in [4.78, 5) is 23.1. The maximum atomic E-state index is 11.9. The van der Waals surface area contributed by atoms with E-state index in [2.05, 4.69) is 10.1 Å². The molecule has 1 saturated heterocycles. The van der Waals surface area contributed by atoms with Gasteiger partial charge in [0.15, 0.2) is 0 Å². The van der Waals surface area contributed by atoms with Crippen molar-refractivity contribution in [3.05, 3.63) is 0 Å². The van der Waals surface area contributed by atoms with Gasteiger partial charge in [-0.3, -0.25) is 4.79 Å². The molecular weight excluding hydrogens is 314 g/mol. The van der Waals surface area contributed by atoms with E-state index in [0.717, 1.165) is 6.92 Å². The molecule has 1 rings (SSSR count). The van der Waals surface area contributed by atoms with Crippen LogP contribution in [0.4, 0.5) is 0 Å². The Morgan fingerprint density at radius 3 is 2.70 bits per heavy atom. The first-order valence-electron chi connectivity index (χ1n) is 7.65. The number of hydrogen-bond donors (Lipinski definition) is 6. The minimum absolute atomic E-state index is 0.256. The molecule has 1 amide bonds. The van der Waals surface area contributed by atoms with Gasteiger partial charge < -0.3 is 40.3 Å². The highest BCUT2D eigenvalue weighted by molar-refractivity contribution is 5.78. The number of rotatable bonds is 6. The fraction of sp³-hybridized carbons (Fsp3) is 0.846. The molecule has 10 heteroatoms. The molecule has 1 fully saturated rings. The van der Waals surface area contributed by atoms with Gasteiger partial charge in [0, 0.05) is 14.7 Å². The highest BCUT2D eigenvalue weighted by Gasteiger charge is 2.54. The van der Waals surface area contributed by atoms with Crippen LogP contribution in [0.2, 0.25) is 0 Å². The summed E-state index contributed by atoms with van der Waals surface area (Å²) < 4.78 is 16.7. The van der Waals surface area contributed by atoms with Crippen molar-refractivity contribution < 1.29 is 46.0 Å². The van der Waals surface area contributed by atoms with E-state index in [-0.39, 0.29) is 13.5 Å². The third kappa shape index (κ3) is 4.59. The van der Waals surface area contributed by atoms with Gasteiger partial charge in [-0.15, -0.1) is 0 Å². The molecular formula is C13H23NO9. The van der Waals surface area contributed by atoms with Crippen LogP contribution in [0.3, 0.4) is 0 Å². The van der Waals surface area contributed by atoms with Crippen LogP contribution < -0.4 is 5.32 Å². The number of carbonyl (C=O) groups is 2. The molecule has 1 unspecified atom stereocenters. The average molecular weight is 338 g/mol.